The van der Waals surface area contributed by atoms with Gasteiger partial charge in [0.15, 0.2) is 0 Å². The van der Waals surface area contributed by atoms with Crippen molar-refractivity contribution in [2.75, 3.05) is 24.5 Å². The predicted octanol–water partition coefficient (Wildman–Crippen LogP) is 1.07. The van der Waals surface area contributed by atoms with E-state index in [4.69, 9.17) is 5.73 Å². The van der Waals surface area contributed by atoms with E-state index >= 15 is 0 Å². The van der Waals surface area contributed by atoms with Crippen LogP contribution in [0, 0.1) is 5.92 Å². The SMILES string of the molecule is CCCc1ccc(N2CC(C(=O)NCCN)CC2=O)cc1. The van der Waals surface area contributed by atoms with Crippen LogP contribution in [0.1, 0.15) is 25.3 Å². The van der Waals surface area contributed by atoms with Crippen LogP contribution in [0.25, 0.3) is 0 Å². The van der Waals surface area contributed by atoms with Crippen LogP contribution < -0.4 is 16.0 Å². The second kappa shape index (κ2) is 7.22. The van der Waals surface area contributed by atoms with Gasteiger partial charge in [-0.25, -0.2) is 0 Å². The number of anilines is 1. The first-order chi connectivity index (χ1) is 10.2. The molecule has 1 saturated heterocycles. The lowest BCUT2D eigenvalue weighted by molar-refractivity contribution is -0.126. The maximum absolute atomic E-state index is 12.1. The zero-order valence-corrected chi connectivity index (χ0v) is 12.5. The second-order valence-electron chi connectivity index (χ2n) is 5.40. The van der Waals surface area contributed by atoms with Crippen molar-refractivity contribution < 1.29 is 9.59 Å². The molecule has 0 bridgehead atoms. The average Bonchev–Trinajstić information content (AvgIpc) is 2.88. The Kier molecular flexibility index (Phi) is 5.33. The average molecular weight is 289 g/mol. The summed E-state index contributed by atoms with van der Waals surface area (Å²) >= 11 is 0. The monoisotopic (exact) mass is 289 g/mol. The van der Waals surface area contributed by atoms with Crippen LogP contribution in [0.15, 0.2) is 24.3 Å². The number of carbonyl (C=O) groups is 2. The summed E-state index contributed by atoms with van der Waals surface area (Å²) in [6.07, 6.45) is 2.41. The van der Waals surface area contributed by atoms with Gasteiger partial charge in [0.2, 0.25) is 11.8 Å². The van der Waals surface area contributed by atoms with E-state index in [1.807, 2.05) is 24.3 Å². The van der Waals surface area contributed by atoms with Crippen LogP contribution in [0.5, 0.6) is 0 Å². The Bertz CT molecular complexity index is 499. The molecule has 2 rings (SSSR count). The summed E-state index contributed by atoms with van der Waals surface area (Å²) in [5, 5.41) is 2.75. The van der Waals surface area contributed by atoms with Crippen molar-refractivity contribution in [3.63, 3.8) is 0 Å². The highest BCUT2D eigenvalue weighted by molar-refractivity contribution is 6.00. The van der Waals surface area contributed by atoms with E-state index in [0.717, 1.165) is 18.5 Å². The van der Waals surface area contributed by atoms with Gasteiger partial charge in [0.1, 0.15) is 0 Å². The molecular weight excluding hydrogens is 266 g/mol. The smallest absolute Gasteiger partial charge is 0.227 e. The normalized spacial score (nSPS) is 18.1. The number of amides is 2. The van der Waals surface area contributed by atoms with Crippen molar-refractivity contribution in [2.45, 2.75) is 26.2 Å². The van der Waals surface area contributed by atoms with Crippen molar-refractivity contribution in [3.05, 3.63) is 29.8 Å². The largest absolute Gasteiger partial charge is 0.355 e. The molecule has 114 valence electrons. The van der Waals surface area contributed by atoms with E-state index in [1.54, 1.807) is 4.90 Å². The highest BCUT2D eigenvalue weighted by Gasteiger charge is 2.34. The van der Waals surface area contributed by atoms with Crippen LogP contribution in [0.2, 0.25) is 0 Å². The minimum atomic E-state index is -0.278. The second-order valence-corrected chi connectivity index (χ2v) is 5.40. The molecule has 1 aliphatic rings. The third-order valence-corrected chi connectivity index (χ3v) is 3.73. The first-order valence-corrected chi connectivity index (χ1v) is 7.52. The molecule has 1 unspecified atom stereocenters. The summed E-state index contributed by atoms with van der Waals surface area (Å²) in [6, 6.07) is 8.02. The zero-order valence-electron chi connectivity index (χ0n) is 12.5. The molecule has 5 heteroatoms. The first kappa shape index (κ1) is 15.5. The lowest BCUT2D eigenvalue weighted by Gasteiger charge is -2.17. The fourth-order valence-corrected chi connectivity index (χ4v) is 2.60. The van der Waals surface area contributed by atoms with Gasteiger partial charge in [0.25, 0.3) is 0 Å². The molecule has 1 aromatic rings. The molecule has 2 amide bonds. The predicted molar refractivity (Wildman–Crippen MR) is 83.0 cm³/mol. The van der Waals surface area contributed by atoms with Crippen molar-refractivity contribution in [2.24, 2.45) is 11.7 Å². The summed E-state index contributed by atoms with van der Waals surface area (Å²) < 4.78 is 0. The third kappa shape index (κ3) is 3.82. The summed E-state index contributed by atoms with van der Waals surface area (Å²) in [7, 11) is 0. The number of hydrogen-bond acceptors (Lipinski definition) is 3. The fourth-order valence-electron chi connectivity index (χ4n) is 2.60. The summed E-state index contributed by atoms with van der Waals surface area (Å²) in [5.74, 6) is -0.357. The number of rotatable bonds is 6. The Morgan fingerprint density at radius 2 is 2.10 bits per heavy atom. The van der Waals surface area contributed by atoms with E-state index in [9.17, 15) is 9.59 Å². The van der Waals surface area contributed by atoms with Crippen LogP contribution >= 0.6 is 0 Å². The van der Waals surface area contributed by atoms with Crippen molar-refractivity contribution >= 4 is 17.5 Å². The molecule has 1 aliphatic heterocycles. The number of nitrogens with two attached hydrogens (primary N) is 1. The molecule has 21 heavy (non-hydrogen) atoms. The van der Waals surface area contributed by atoms with Crippen LogP contribution in [-0.2, 0) is 16.0 Å². The highest BCUT2D eigenvalue weighted by atomic mass is 16.2. The number of aryl methyl sites for hydroxylation is 1. The van der Waals surface area contributed by atoms with Gasteiger partial charge in [-0.3, -0.25) is 9.59 Å². The van der Waals surface area contributed by atoms with Crippen LogP contribution in [-0.4, -0.2) is 31.4 Å². The molecule has 3 N–H and O–H groups in total. The Morgan fingerprint density at radius 1 is 1.38 bits per heavy atom. The number of nitrogens with zero attached hydrogens (tertiary/aromatic N) is 1. The number of nitrogens with one attached hydrogen (secondary N) is 1. The summed E-state index contributed by atoms with van der Waals surface area (Å²) in [6.45, 7) is 3.45. The third-order valence-electron chi connectivity index (χ3n) is 3.73. The van der Waals surface area contributed by atoms with Gasteiger partial charge in [-0.15, -0.1) is 0 Å². The molecule has 1 fully saturated rings. The van der Waals surface area contributed by atoms with E-state index in [1.165, 1.54) is 5.56 Å². The van der Waals surface area contributed by atoms with Crippen LogP contribution in [0.3, 0.4) is 0 Å². The highest BCUT2D eigenvalue weighted by Crippen LogP contribution is 2.25. The summed E-state index contributed by atoms with van der Waals surface area (Å²) in [5.41, 5.74) is 7.51. The molecule has 0 radical (unpaired) electrons. The van der Waals surface area contributed by atoms with E-state index in [-0.39, 0.29) is 24.2 Å². The molecule has 5 nitrogen and oxygen atoms in total. The lowest BCUT2D eigenvalue weighted by atomic mass is 10.1. The van der Waals surface area contributed by atoms with E-state index in [2.05, 4.69) is 12.2 Å². The van der Waals surface area contributed by atoms with Crippen molar-refractivity contribution in [1.29, 1.82) is 0 Å². The zero-order chi connectivity index (χ0) is 15.2. The van der Waals surface area contributed by atoms with Gasteiger partial charge in [0.05, 0.1) is 5.92 Å². The number of carbonyl (C=O) groups excluding carboxylic acids is 2. The molecule has 1 heterocycles. The van der Waals surface area contributed by atoms with Gasteiger partial charge >= 0.3 is 0 Å². The lowest BCUT2D eigenvalue weighted by Crippen LogP contribution is -2.35. The molecule has 1 aromatic carbocycles. The minimum absolute atomic E-state index is 0.00569. The minimum Gasteiger partial charge on any atom is -0.355 e. The summed E-state index contributed by atoms with van der Waals surface area (Å²) in [4.78, 5) is 25.7. The fraction of sp³-hybridized carbons (Fsp3) is 0.500. The van der Waals surface area contributed by atoms with Gasteiger partial charge in [0, 0.05) is 31.7 Å². The van der Waals surface area contributed by atoms with E-state index in [0.29, 0.717) is 19.6 Å². The standard InChI is InChI=1S/C16H23N3O2/c1-2-3-12-4-6-14(7-5-12)19-11-13(10-15(19)20)16(21)18-9-8-17/h4-7,13H,2-3,8-11,17H2,1H3,(H,18,21). The number of hydrogen-bond donors (Lipinski definition) is 2. The van der Waals surface area contributed by atoms with Crippen LogP contribution in [0.4, 0.5) is 5.69 Å². The molecular formula is C16H23N3O2. The Morgan fingerprint density at radius 3 is 2.71 bits per heavy atom. The Hall–Kier alpha value is -1.88. The first-order valence-electron chi connectivity index (χ1n) is 7.52. The van der Waals surface area contributed by atoms with E-state index < -0.39 is 0 Å². The topological polar surface area (TPSA) is 75.4 Å². The van der Waals surface area contributed by atoms with Gasteiger partial charge in [-0.2, -0.15) is 0 Å². The molecule has 0 aliphatic carbocycles. The molecule has 0 saturated carbocycles. The van der Waals surface area contributed by atoms with Gasteiger partial charge in [-0.1, -0.05) is 25.5 Å². The number of benzene rings is 1. The molecule has 0 spiro atoms. The molecule has 0 aromatic heterocycles. The Balaban J connectivity index is 2.00. The maximum atomic E-state index is 12.1. The van der Waals surface area contributed by atoms with Crippen molar-refractivity contribution in [1.82, 2.24) is 5.32 Å². The van der Waals surface area contributed by atoms with Gasteiger partial charge in [-0.05, 0) is 24.1 Å². The van der Waals surface area contributed by atoms with Gasteiger partial charge < -0.3 is 16.0 Å². The maximum Gasteiger partial charge on any atom is 0.227 e. The Labute approximate surface area is 125 Å². The quantitative estimate of drug-likeness (QED) is 0.822. The van der Waals surface area contributed by atoms with Crippen molar-refractivity contribution in [3.8, 4) is 0 Å². The molecule has 1 atom stereocenters.